The highest BCUT2D eigenvalue weighted by atomic mass is 16.6. The summed E-state index contributed by atoms with van der Waals surface area (Å²) in [6, 6.07) is 15.7. The number of benzene rings is 2. The van der Waals surface area contributed by atoms with Crippen LogP contribution in [0.1, 0.15) is 32.9 Å². The van der Waals surface area contributed by atoms with Gasteiger partial charge in [0.05, 0.1) is 17.2 Å². The van der Waals surface area contributed by atoms with Crippen molar-refractivity contribution in [3.8, 4) is 0 Å². The van der Waals surface area contributed by atoms with Gasteiger partial charge in [-0.1, -0.05) is 30.3 Å². The highest BCUT2D eigenvalue weighted by Gasteiger charge is 2.14. The fourth-order valence-corrected chi connectivity index (χ4v) is 2.93. The number of aromatic nitrogens is 2. The van der Waals surface area contributed by atoms with Gasteiger partial charge in [0.25, 0.3) is 11.6 Å². The number of carbonyl (C=O) groups is 1. The fourth-order valence-electron chi connectivity index (χ4n) is 2.93. The molecule has 0 aliphatic heterocycles. The van der Waals surface area contributed by atoms with Crippen molar-refractivity contribution >= 4 is 11.6 Å². The lowest BCUT2D eigenvalue weighted by Gasteiger charge is -2.09. The molecule has 3 aromatic rings. The summed E-state index contributed by atoms with van der Waals surface area (Å²) in [4.78, 5) is 23.1. The van der Waals surface area contributed by atoms with E-state index in [9.17, 15) is 14.9 Å². The Morgan fingerprint density at radius 2 is 1.93 bits per heavy atom. The Balaban J connectivity index is 1.71. The first-order valence-corrected chi connectivity index (χ1v) is 8.54. The number of hydrogen-bond donors (Lipinski definition) is 1. The molecule has 1 N–H and O–H groups in total. The number of nitrogens with zero attached hydrogens (tertiary/aromatic N) is 3. The maximum Gasteiger partial charge on any atom is 0.274 e. The van der Waals surface area contributed by atoms with Crippen LogP contribution in [0, 0.1) is 24.0 Å². The van der Waals surface area contributed by atoms with Crippen molar-refractivity contribution in [1.29, 1.82) is 0 Å². The van der Waals surface area contributed by atoms with Crippen LogP contribution >= 0.6 is 0 Å². The van der Waals surface area contributed by atoms with E-state index in [2.05, 4.69) is 10.4 Å². The maximum atomic E-state index is 12.5. The number of hydrogen-bond acceptors (Lipinski definition) is 4. The first-order valence-electron chi connectivity index (χ1n) is 8.54. The van der Waals surface area contributed by atoms with E-state index in [1.54, 1.807) is 24.3 Å². The van der Waals surface area contributed by atoms with Gasteiger partial charge in [0.2, 0.25) is 0 Å². The molecule has 7 nitrogen and oxygen atoms in total. The van der Waals surface area contributed by atoms with E-state index in [-0.39, 0.29) is 18.1 Å². The summed E-state index contributed by atoms with van der Waals surface area (Å²) in [6.45, 7) is 4.60. The van der Waals surface area contributed by atoms with E-state index >= 15 is 0 Å². The van der Waals surface area contributed by atoms with Gasteiger partial charge >= 0.3 is 0 Å². The van der Waals surface area contributed by atoms with Gasteiger partial charge in [0.1, 0.15) is 0 Å². The van der Waals surface area contributed by atoms with E-state index in [1.165, 1.54) is 6.07 Å². The molecule has 27 heavy (non-hydrogen) atoms. The number of nitro groups is 1. The molecule has 1 heterocycles. The minimum atomic E-state index is -0.448. The molecule has 0 spiro atoms. The minimum absolute atomic E-state index is 0.00363. The molecule has 0 saturated carbocycles. The van der Waals surface area contributed by atoms with E-state index in [1.807, 2.05) is 42.8 Å². The zero-order chi connectivity index (χ0) is 19.4. The Kier molecular flexibility index (Phi) is 5.30. The van der Waals surface area contributed by atoms with Crippen molar-refractivity contribution in [2.45, 2.75) is 26.9 Å². The monoisotopic (exact) mass is 364 g/mol. The van der Waals surface area contributed by atoms with Crippen LogP contribution in [0.5, 0.6) is 0 Å². The van der Waals surface area contributed by atoms with E-state index in [0.29, 0.717) is 17.7 Å². The third kappa shape index (κ3) is 4.38. The molecule has 0 saturated heterocycles. The minimum Gasteiger partial charge on any atom is -0.348 e. The second-order valence-corrected chi connectivity index (χ2v) is 6.35. The second-order valence-electron chi connectivity index (χ2n) is 6.35. The number of rotatable bonds is 6. The van der Waals surface area contributed by atoms with Gasteiger partial charge < -0.3 is 5.32 Å². The Morgan fingerprint density at radius 1 is 1.15 bits per heavy atom. The van der Waals surface area contributed by atoms with Crippen molar-refractivity contribution < 1.29 is 9.72 Å². The molecule has 0 aliphatic carbocycles. The van der Waals surface area contributed by atoms with Crippen LogP contribution in [0.2, 0.25) is 0 Å². The summed E-state index contributed by atoms with van der Waals surface area (Å²) in [5.74, 6) is -0.275. The van der Waals surface area contributed by atoms with Gasteiger partial charge in [0.15, 0.2) is 0 Å². The zero-order valence-electron chi connectivity index (χ0n) is 15.2. The summed E-state index contributed by atoms with van der Waals surface area (Å²) in [5, 5.41) is 18.3. The van der Waals surface area contributed by atoms with E-state index in [4.69, 9.17) is 0 Å². The summed E-state index contributed by atoms with van der Waals surface area (Å²) in [5.41, 5.74) is 3.93. The van der Waals surface area contributed by atoms with Crippen LogP contribution in [0.3, 0.4) is 0 Å². The lowest BCUT2D eigenvalue weighted by Crippen LogP contribution is -2.23. The Labute approximate surface area is 156 Å². The van der Waals surface area contributed by atoms with Crippen molar-refractivity contribution in [3.05, 3.63) is 92.8 Å². The molecule has 0 bridgehead atoms. The van der Waals surface area contributed by atoms with Crippen LogP contribution in [0.4, 0.5) is 5.69 Å². The highest BCUT2D eigenvalue weighted by Crippen LogP contribution is 2.17. The molecule has 0 radical (unpaired) electrons. The standard InChI is InChI=1S/C20H20N4O3/c1-14-10-15(2)23(22-14)13-16-6-5-8-17(11-16)20(25)21-12-18-7-3-4-9-19(18)24(26)27/h3-11H,12-13H2,1-2H3,(H,21,25). The first-order chi connectivity index (χ1) is 12.9. The van der Waals surface area contributed by atoms with Crippen molar-refractivity contribution in [2.75, 3.05) is 0 Å². The summed E-state index contributed by atoms with van der Waals surface area (Å²) >= 11 is 0. The topological polar surface area (TPSA) is 90.1 Å². The molecule has 0 fully saturated rings. The van der Waals surface area contributed by atoms with Crippen molar-refractivity contribution in [1.82, 2.24) is 15.1 Å². The predicted molar refractivity (Wildman–Crippen MR) is 102 cm³/mol. The third-order valence-electron chi connectivity index (χ3n) is 4.25. The zero-order valence-corrected chi connectivity index (χ0v) is 15.2. The predicted octanol–water partition coefficient (Wildman–Crippen LogP) is 3.39. The molecule has 7 heteroatoms. The number of para-hydroxylation sites is 1. The molecule has 0 aliphatic rings. The summed E-state index contributed by atoms with van der Waals surface area (Å²) < 4.78 is 1.89. The smallest absolute Gasteiger partial charge is 0.274 e. The van der Waals surface area contributed by atoms with Gasteiger partial charge in [-0.15, -0.1) is 0 Å². The van der Waals surface area contributed by atoms with Crippen LogP contribution in [0.15, 0.2) is 54.6 Å². The van der Waals surface area contributed by atoms with Gasteiger partial charge in [-0.2, -0.15) is 5.10 Å². The molecule has 0 atom stereocenters. The van der Waals surface area contributed by atoms with Crippen LogP contribution < -0.4 is 5.32 Å². The highest BCUT2D eigenvalue weighted by molar-refractivity contribution is 5.94. The lowest BCUT2D eigenvalue weighted by molar-refractivity contribution is -0.385. The van der Waals surface area contributed by atoms with Gasteiger partial charge in [-0.25, -0.2) is 0 Å². The van der Waals surface area contributed by atoms with Crippen LogP contribution in [-0.2, 0) is 13.1 Å². The van der Waals surface area contributed by atoms with Crippen molar-refractivity contribution in [2.24, 2.45) is 0 Å². The molecular weight excluding hydrogens is 344 g/mol. The number of nitro benzene ring substituents is 1. The average molecular weight is 364 g/mol. The Morgan fingerprint density at radius 3 is 2.63 bits per heavy atom. The summed E-state index contributed by atoms with van der Waals surface area (Å²) in [7, 11) is 0. The number of aryl methyl sites for hydroxylation is 2. The molecular formula is C20H20N4O3. The Bertz CT molecular complexity index is 994. The quantitative estimate of drug-likeness (QED) is 0.536. The number of nitrogens with one attached hydrogen (secondary N) is 1. The Hall–Kier alpha value is -3.48. The normalized spacial score (nSPS) is 10.6. The fraction of sp³-hybridized carbons (Fsp3) is 0.200. The molecule has 1 aromatic heterocycles. The summed E-state index contributed by atoms with van der Waals surface area (Å²) in [6.07, 6.45) is 0. The van der Waals surface area contributed by atoms with E-state index in [0.717, 1.165) is 17.0 Å². The molecule has 138 valence electrons. The van der Waals surface area contributed by atoms with E-state index < -0.39 is 4.92 Å². The molecule has 3 rings (SSSR count). The average Bonchev–Trinajstić information content (AvgIpc) is 2.97. The van der Waals surface area contributed by atoms with Crippen LogP contribution in [-0.4, -0.2) is 20.6 Å². The third-order valence-corrected chi connectivity index (χ3v) is 4.25. The molecule has 2 aromatic carbocycles. The SMILES string of the molecule is Cc1cc(C)n(Cc2cccc(C(=O)NCc3ccccc3[N+](=O)[O-])c2)n1. The maximum absolute atomic E-state index is 12.5. The van der Waals surface area contributed by atoms with Gasteiger partial charge in [0, 0.05) is 29.4 Å². The molecule has 1 amide bonds. The second kappa shape index (κ2) is 7.82. The number of carbonyl (C=O) groups excluding carboxylic acids is 1. The molecule has 0 unspecified atom stereocenters. The largest absolute Gasteiger partial charge is 0.348 e. The van der Waals surface area contributed by atoms with Crippen LogP contribution in [0.25, 0.3) is 0 Å². The van der Waals surface area contributed by atoms with Crippen molar-refractivity contribution in [3.63, 3.8) is 0 Å². The number of amides is 1. The van der Waals surface area contributed by atoms with Gasteiger partial charge in [-0.05, 0) is 37.6 Å². The first kappa shape index (κ1) is 18.3. The van der Waals surface area contributed by atoms with Gasteiger partial charge in [-0.3, -0.25) is 19.6 Å². The lowest BCUT2D eigenvalue weighted by atomic mass is 10.1.